The number of unbranched alkanes of at least 4 members (excludes halogenated alkanes) is 3. The molecule has 3 heterocycles. The van der Waals surface area contributed by atoms with Gasteiger partial charge < -0.3 is 39.3 Å². The van der Waals surface area contributed by atoms with E-state index in [9.17, 15) is 24.9 Å². The van der Waals surface area contributed by atoms with E-state index < -0.39 is 36.1 Å². The minimum Gasteiger partial charge on any atom is -0.496 e. The number of rotatable bonds is 12. The number of esters is 1. The fourth-order valence-corrected chi connectivity index (χ4v) is 7.62. The summed E-state index contributed by atoms with van der Waals surface area (Å²) in [5, 5.41) is 33.8. The van der Waals surface area contributed by atoms with Crippen LogP contribution in [0.2, 0.25) is 0 Å². The van der Waals surface area contributed by atoms with Crippen molar-refractivity contribution in [3.05, 3.63) is 70.1 Å². The fraction of sp³-hybridized carbons (Fsp3) is 0.487. The van der Waals surface area contributed by atoms with E-state index in [0.717, 1.165) is 47.7 Å². The van der Waals surface area contributed by atoms with Crippen molar-refractivity contribution in [3.63, 3.8) is 0 Å². The number of aliphatic hydroxyl groups is 3. The number of aromatic nitrogens is 1. The number of hydrogen-bond donors (Lipinski definition) is 4. The number of H-pyrrole nitrogens is 1. The molecule has 1 aromatic heterocycles. The van der Waals surface area contributed by atoms with Crippen LogP contribution in [0.1, 0.15) is 93.9 Å². The number of fused-ring (bicyclic) bond motifs is 3. The standard InChI is InChI=1S/C39H47NO9/c1-5-7-8-9-13-39(3,45)32-19-28-35(49-32)29(21-42)37-33(36(28)46-4)26(18-31(48-37)38(44)47-6-2)24-16-25(20-41)34(43)27(17-24)22-10-11-30-23(15-22)12-14-40-30/h10-12,14-15,18,25,27,32,40-42,45H,5-9,13,16-17,19-21H2,1-4H3/t25-,27-,32+,39+/m1/s1. The van der Waals surface area contributed by atoms with Gasteiger partial charge in [-0.15, -0.1) is 0 Å². The van der Waals surface area contributed by atoms with Crippen molar-refractivity contribution >= 4 is 28.2 Å². The highest BCUT2D eigenvalue weighted by Crippen LogP contribution is 2.55. The number of Topliss-reactive ketones (excluding diaryl/α,β-unsaturated/α-hetero) is 1. The second-order valence-electron chi connectivity index (χ2n) is 13.6. The van der Waals surface area contributed by atoms with E-state index in [1.807, 2.05) is 30.5 Å². The van der Waals surface area contributed by atoms with Crippen LogP contribution in [0.5, 0.6) is 17.2 Å². The topological polar surface area (TPSA) is 148 Å². The molecule has 4 atom stereocenters. The molecule has 0 unspecified atom stereocenters. The van der Waals surface area contributed by atoms with Crippen LogP contribution in [0.3, 0.4) is 0 Å². The summed E-state index contributed by atoms with van der Waals surface area (Å²) in [6.45, 7) is 4.96. The number of methoxy groups -OCH3 is 1. The number of aliphatic hydroxyl groups excluding tert-OH is 2. The number of hydrogen-bond acceptors (Lipinski definition) is 9. The molecule has 49 heavy (non-hydrogen) atoms. The normalized spacial score (nSPS) is 22.9. The third-order valence-corrected chi connectivity index (χ3v) is 10.3. The maximum absolute atomic E-state index is 13.8. The largest absolute Gasteiger partial charge is 0.496 e. The molecule has 1 aliphatic carbocycles. The summed E-state index contributed by atoms with van der Waals surface area (Å²) in [7, 11) is 1.55. The van der Waals surface area contributed by atoms with Gasteiger partial charge in [-0.25, -0.2) is 4.79 Å². The van der Waals surface area contributed by atoms with Gasteiger partial charge in [0.2, 0.25) is 5.76 Å². The van der Waals surface area contributed by atoms with Crippen LogP contribution in [0.15, 0.2) is 47.9 Å². The minimum absolute atomic E-state index is 0.0435. The molecule has 0 spiro atoms. The van der Waals surface area contributed by atoms with Crippen LogP contribution in [0, 0.1) is 5.92 Å². The maximum atomic E-state index is 13.8. The van der Waals surface area contributed by atoms with Crippen LogP contribution in [-0.2, 0) is 27.4 Å². The van der Waals surface area contributed by atoms with Gasteiger partial charge in [0.1, 0.15) is 29.1 Å². The van der Waals surface area contributed by atoms with E-state index in [-0.39, 0.29) is 36.9 Å². The molecular formula is C39H47NO9. The van der Waals surface area contributed by atoms with Crippen molar-refractivity contribution in [3.8, 4) is 17.2 Å². The molecule has 1 saturated carbocycles. The van der Waals surface area contributed by atoms with Gasteiger partial charge in [0.15, 0.2) is 0 Å². The highest BCUT2D eigenvalue weighted by molar-refractivity contribution is 5.99. The quantitative estimate of drug-likeness (QED) is 0.133. The van der Waals surface area contributed by atoms with Gasteiger partial charge >= 0.3 is 5.97 Å². The van der Waals surface area contributed by atoms with Crippen molar-refractivity contribution in [2.45, 2.75) is 96.4 Å². The Morgan fingerprint density at radius 3 is 2.61 bits per heavy atom. The molecule has 2 aromatic carbocycles. The van der Waals surface area contributed by atoms with Crippen LogP contribution >= 0.6 is 0 Å². The fourth-order valence-electron chi connectivity index (χ4n) is 7.62. The Kier molecular flexibility index (Phi) is 10.2. The number of ketones is 1. The van der Waals surface area contributed by atoms with Crippen LogP contribution in [-0.4, -0.2) is 64.1 Å². The van der Waals surface area contributed by atoms with Gasteiger partial charge in [-0.2, -0.15) is 0 Å². The van der Waals surface area contributed by atoms with Crippen molar-refractivity contribution < 1.29 is 43.9 Å². The Morgan fingerprint density at radius 1 is 1.08 bits per heavy atom. The monoisotopic (exact) mass is 673 g/mol. The third kappa shape index (κ3) is 6.49. The van der Waals surface area contributed by atoms with Gasteiger partial charge in [0.25, 0.3) is 0 Å². The molecule has 10 heteroatoms. The summed E-state index contributed by atoms with van der Waals surface area (Å²) in [4.78, 5) is 30.2. The van der Waals surface area contributed by atoms with E-state index in [4.69, 9.17) is 18.9 Å². The van der Waals surface area contributed by atoms with Crippen LogP contribution in [0.4, 0.5) is 0 Å². The Bertz CT molecular complexity index is 1800. The molecule has 4 N–H and O–H groups in total. The molecule has 2 aliphatic heterocycles. The summed E-state index contributed by atoms with van der Waals surface area (Å²) in [6.07, 6.45) is 8.42. The second-order valence-corrected chi connectivity index (χ2v) is 13.6. The van der Waals surface area contributed by atoms with E-state index in [0.29, 0.717) is 53.0 Å². The first-order chi connectivity index (χ1) is 23.6. The molecule has 3 aromatic rings. The van der Waals surface area contributed by atoms with E-state index in [2.05, 4.69) is 11.9 Å². The van der Waals surface area contributed by atoms with Crippen LogP contribution < -0.4 is 14.2 Å². The molecule has 10 nitrogen and oxygen atoms in total. The minimum atomic E-state index is -1.15. The van der Waals surface area contributed by atoms with Crippen LogP contribution in [0.25, 0.3) is 16.5 Å². The van der Waals surface area contributed by atoms with E-state index in [1.54, 1.807) is 27.0 Å². The van der Waals surface area contributed by atoms with E-state index in [1.165, 1.54) is 0 Å². The molecular weight excluding hydrogens is 626 g/mol. The Hall–Kier alpha value is -4.12. The lowest BCUT2D eigenvalue weighted by Gasteiger charge is -2.33. The predicted molar refractivity (Wildman–Crippen MR) is 185 cm³/mol. The Balaban J connectivity index is 1.50. The highest BCUT2D eigenvalue weighted by Gasteiger charge is 2.45. The molecule has 0 amide bonds. The number of ether oxygens (including phenoxy) is 4. The summed E-state index contributed by atoms with van der Waals surface area (Å²) in [6, 6.07) is 7.84. The maximum Gasteiger partial charge on any atom is 0.374 e. The summed E-state index contributed by atoms with van der Waals surface area (Å²) < 4.78 is 24.1. The zero-order valence-electron chi connectivity index (χ0n) is 28.8. The number of nitrogens with one attached hydrogen (secondary N) is 1. The van der Waals surface area contributed by atoms with Crippen molar-refractivity contribution in [1.82, 2.24) is 4.98 Å². The first kappa shape index (κ1) is 34.7. The van der Waals surface area contributed by atoms with Gasteiger partial charge in [0.05, 0.1) is 43.7 Å². The molecule has 262 valence electrons. The third-order valence-electron chi connectivity index (χ3n) is 10.3. The van der Waals surface area contributed by atoms with Gasteiger partial charge in [-0.3, -0.25) is 4.79 Å². The van der Waals surface area contributed by atoms with Crippen molar-refractivity contribution in [2.75, 3.05) is 20.3 Å². The molecule has 0 radical (unpaired) electrons. The Morgan fingerprint density at radius 2 is 1.90 bits per heavy atom. The molecule has 3 aliphatic rings. The Labute approximate surface area is 286 Å². The average Bonchev–Trinajstić information content (AvgIpc) is 3.77. The smallest absolute Gasteiger partial charge is 0.374 e. The zero-order chi connectivity index (χ0) is 34.9. The number of benzene rings is 2. The lowest BCUT2D eigenvalue weighted by Crippen LogP contribution is -2.42. The number of carbonyl (C=O) groups excluding carboxylic acids is 2. The second kappa shape index (κ2) is 14.4. The van der Waals surface area contributed by atoms with Crippen molar-refractivity contribution in [2.24, 2.45) is 5.92 Å². The lowest BCUT2D eigenvalue weighted by atomic mass is 9.72. The zero-order valence-corrected chi connectivity index (χ0v) is 28.8. The summed E-state index contributed by atoms with van der Waals surface area (Å²) >= 11 is 0. The number of allylic oxidation sites excluding steroid dienone is 3. The molecule has 0 bridgehead atoms. The van der Waals surface area contributed by atoms with Gasteiger partial charge in [0, 0.05) is 35.5 Å². The first-order valence-electron chi connectivity index (χ1n) is 17.4. The molecule has 0 saturated heterocycles. The molecule has 1 fully saturated rings. The first-order valence-corrected chi connectivity index (χ1v) is 17.4. The SMILES string of the molecule is CCCCCC[C@](C)(O)[C@@H]1Cc2c(c(CO)c3c(c2OC)C(=C2C[C@H](CO)C(=O)[C@@H](c4ccc5[nH]ccc5c4)C2)C=C(C(=O)OCC)O3)O1. The number of aromatic amines is 1. The summed E-state index contributed by atoms with van der Waals surface area (Å²) in [5.74, 6) is -0.965. The average molecular weight is 674 g/mol. The van der Waals surface area contributed by atoms with E-state index >= 15 is 0 Å². The summed E-state index contributed by atoms with van der Waals surface area (Å²) in [5.41, 5.74) is 3.67. The van der Waals surface area contributed by atoms with Gasteiger partial charge in [-0.1, -0.05) is 44.2 Å². The lowest BCUT2D eigenvalue weighted by molar-refractivity contribution is -0.141. The van der Waals surface area contributed by atoms with Gasteiger partial charge in [-0.05, 0) is 73.9 Å². The molecule has 6 rings (SSSR count). The number of carbonyl (C=O) groups is 2. The van der Waals surface area contributed by atoms with Crippen molar-refractivity contribution in [1.29, 1.82) is 0 Å². The highest BCUT2D eigenvalue weighted by atomic mass is 16.6. The predicted octanol–water partition coefficient (Wildman–Crippen LogP) is 6.04.